The monoisotopic (exact) mass is 433 g/mol. The van der Waals surface area contributed by atoms with Crippen LogP contribution in [0.2, 0.25) is 0 Å². The van der Waals surface area contributed by atoms with Crippen molar-refractivity contribution in [3.63, 3.8) is 0 Å². The zero-order chi connectivity index (χ0) is 18.5. The molecule has 6 nitrogen and oxygen atoms in total. The van der Waals surface area contributed by atoms with E-state index in [1.54, 1.807) is 12.1 Å². The number of anilines is 1. The summed E-state index contributed by atoms with van der Waals surface area (Å²) in [6.45, 7) is 2.10. The van der Waals surface area contributed by atoms with Gasteiger partial charge in [-0.05, 0) is 55.5 Å². The lowest BCUT2D eigenvalue weighted by Crippen LogP contribution is -2.19. The van der Waals surface area contributed by atoms with E-state index in [2.05, 4.69) is 26.3 Å². The molecule has 3 rings (SSSR count). The SMILES string of the molecule is Cc1ccc(OCc2nn(CC(=O)Nc3ccc(Br)cc3)c(=S)o2)cc1. The lowest BCUT2D eigenvalue weighted by Gasteiger charge is -2.05. The van der Waals surface area contributed by atoms with E-state index in [1.807, 2.05) is 43.3 Å². The van der Waals surface area contributed by atoms with E-state index < -0.39 is 0 Å². The van der Waals surface area contributed by atoms with Crippen molar-refractivity contribution >= 4 is 39.7 Å². The number of carbonyl (C=O) groups is 1. The van der Waals surface area contributed by atoms with Crippen LogP contribution < -0.4 is 10.1 Å². The molecule has 3 aromatic rings. The van der Waals surface area contributed by atoms with Gasteiger partial charge in [0.25, 0.3) is 10.7 Å². The van der Waals surface area contributed by atoms with Crippen molar-refractivity contribution in [1.82, 2.24) is 9.78 Å². The summed E-state index contributed by atoms with van der Waals surface area (Å²) in [5, 5.41) is 6.97. The Kier molecular flexibility index (Phi) is 5.85. The number of nitrogens with zero attached hydrogens (tertiary/aromatic N) is 2. The van der Waals surface area contributed by atoms with Crippen molar-refractivity contribution in [3.8, 4) is 5.75 Å². The highest BCUT2D eigenvalue weighted by Crippen LogP contribution is 2.15. The third-order valence-electron chi connectivity index (χ3n) is 3.45. The molecule has 1 amide bonds. The summed E-state index contributed by atoms with van der Waals surface area (Å²) in [5.41, 5.74) is 1.84. The number of hydrogen-bond acceptors (Lipinski definition) is 5. The maximum absolute atomic E-state index is 12.1. The normalized spacial score (nSPS) is 10.5. The van der Waals surface area contributed by atoms with Crippen molar-refractivity contribution < 1.29 is 13.9 Å². The molecular weight excluding hydrogens is 418 g/mol. The van der Waals surface area contributed by atoms with Crippen LogP contribution in [-0.2, 0) is 17.9 Å². The van der Waals surface area contributed by atoms with Crippen molar-refractivity contribution in [1.29, 1.82) is 0 Å². The molecule has 0 fully saturated rings. The van der Waals surface area contributed by atoms with Gasteiger partial charge in [0.2, 0.25) is 5.91 Å². The van der Waals surface area contributed by atoms with Crippen molar-refractivity contribution in [3.05, 3.63) is 69.3 Å². The second kappa shape index (κ2) is 8.29. The Morgan fingerprint density at radius 2 is 1.92 bits per heavy atom. The largest absolute Gasteiger partial charge is 0.484 e. The summed E-state index contributed by atoms with van der Waals surface area (Å²) in [6.07, 6.45) is 0. The molecule has 0 spiro atoms. The first-order valence-corrected chi connectivity index (χ1v) is 9.01. The van der Waals surface area contributed by atoms with Gasteiger partial charge in [0.15, 0.2) is 6.61 Å². The second-order valence-corrected chi connectivity index (χ2v) is 6.84. The maximum Gasteiger partial charge on any atom is 0.287 e. The molecule has 26 heavy (non-hydrogen) atoms. The average Bonchev–Trinajstić information content (AvgIpc) is 2.96. The number of ether oxygens (including phenoxy) is 1. The van der Waals surface area contributed by atoms with E-state index in [9.17, 15) is 4.79 Å². The molecule has 0 unspecified atom stereocenters. The predicted molar refractivity (Wildman–Crippen MR) is 104 cm³/mol. The molecule has 8 heteroatoms. The molecule has 0 aliphatic carbocycles. The van der Waals surface area contributed by atoms with Gasteiger partial charge in [-0.2, -0.15) is 0 Å². The predicted octanol–water partition coefficient (Wildman–Crippen LogP) is 4.49. The fourth-order valence-electron chi connectivity index (χ4n) is 2.16. The van der Waals surface area contributed by atoms with Gasteiger partial charge in [-0.1, -0.05) is 33.6 Å². The van der Waals surface area contributed by atoms with Gasteiger partial charge in [-0.15, -0.1) is 5.10 Å². The second-order valence-electron chi connectivity index (χ2n) is 5.58. The molecule has 0 aliphatic heterocycles. The van der Waals surface area contributed by atoms with Crippen LogP contribution >= 0.6 is 28.1 Å². The van der Waals surface area contributed by atoms with Gasteiger partial charge in [0.1, 0.15) is 12.3 Å². The highest BCUT2D eigenvalue weighted by Gasteiger charge is 2.11. The summed E-state index contributed by atoms with van der Waals surface area (Å²) in [4.78, 5) is 12.3. The summed E-state index contributed by atoms with van der Waals surface area (Å²) in [5.74, 6) is 0.772. The third-order valence-corrected chi connectivity index (χ3v) is 4.28. The number of rotatable bonds is 6. The zero-order valence-corrected chi connectivity index (χ0v) is 16.3. The summed E-state index contributed by atoms with van der Waals surface area (Å²) < 4.78 is 13.3. The van der Waals surface area contributed by atoms with Crippen LogP contribution in [0.5, 0.6) is 5.75 Å². The van der Waals surface area contributed by atoms with Crippen LogP contribution in [0.15, 0.2) is 57.4 Å². The average molecular weight is 434 g/mol. The topological polar surface area (TPSA) is 69.3 Å². The number of benzene rings is 2. The van der Waals surface area contributed by atoms with Gasteiger partial charge in [-0.3, -0.25) is 4.79 Å². The fourth-order valence-corrected chi connectivity index (χ4v) is 2.62. The molecule has 1 heterocycles. The van der Waals surface area contributed by atoms with E-state index in [1.165, 1.54) is 4.68 Å². The van der Waals surface area contributed by atoms with Gasteiger partial charge in [0.05, 0.1) is 0 Å². The fraction of sp³-hybridized carbons (Fsp3) is 0.167. The lowest BCUT2D eigenvalue weighted by atomic mass is 10.2. The Hall–Kier alpha value is -2.45. The first-order valence-electron chi connectivity index (χ1n) is 7.81. The third kappa shape index (κ3) is 5.03. The Bertz CT molecular complexity index is 949. The van der Waals surface area contributed by atoms with E-state index in [0.29, 0.717) is 17.3 Å². The molecular formula is C18H16BrN3O3S. The molecule has 1 aromatic heterocycles. The minimum Gasteiger partial charge on any atom is -0.484 e. The summed E-state index contributed by atoms with van der Waals surface area (Å²) in [6, 6.07) is 14.9. The Morgan fingerprint density at radius 3 is 2.62 bits per heavy atom. The van der Waals surface area contributed by atoms with Gasteiger partial charge < -0.3 is 14.5 Å². The minimum atomic E-state index is -0.247. The standard InChI is InChI=1S/C18H16BrN3O3S/c1-12-2-8-15(9-3-12)24-11-17-21-22(18(26)25-17)10-16(23)20-14-6-4-13(19)5-7-14/h2-9H,10-11H2,1H3,(H,20,23). The molecule has 0 radical (unpaired) electrons. The number of nitrogens with one attached hydrogen (secondary N) is 1. The van der Waals surface area contributed by atoms with Crippen LogP contribution in [0.1, 0.15) is 11.5 Å². The number of hydrogen-bond donors (Lipinski definition) is 1. The summed E-state index contributed by atoms with van der Waals surface area (Å²) in [7, 11) is 0. The first kappa shape index (κ1) is 18.3. The maximum atomic E-state index is 12.1. The smallest absolute Gasteiger partial charge is 0.287 e. The number of amides is 1. The van der Waals surface area contributed by atoms with Crippen LogP contribution in [0.25, 0.3) is 0 Å². The van der Waals surface area contributed by atoms with E-state index in [4.69, 9.17) is 21.4 Å². The van der Waals surface area contributed by atoms with Gasteiger partial charge >= 0.3 is 0 Å². The Balaban J connectivity index is 1.58. The van der Waals surface area contributed by atoms with E-state index in [-0.39, 0.29) is 23.9 Å². The molecule has 1 N–H and O–H groups in total. The van der Waals surface area contributed by atoms with Crippen LogP contribution in [-0.4, -0.2) is 15.7 Å². The summed E-state index contributed by atoms with van der Waals surface area (Å²) >= 11 is 8.46. The Morgan fingerprint density at radius 1 is 1.23 bits per heavy atom. The van der Waals surface area contributed by atoms with Crippen molar-refractivity contribution in [2.75, 3.05) is 5.32 Å². The molecule has 134 valence electrons. The number of carbonyl (C=O) groups excluding carboxylic acids is 1. The molecule has 0 saturated heterocycles. The molecule has 0 bridgehead atoms. The minimum absolute atomic E-state index is 0.0388. The zero-order valence-electron chi connectivity index (χ0n) is 13.9. The van der Waals surface area contributed by atoms with Crippen molar-refractivity contribution in [2.24, 2.45) is 0 Å². The lowest BCUT2D eigenvalue weighted by molar-refractivity contribution is -0.117. The van der Waals surface area contributed by atoms with Crippen LogP contribution in [0.3, 0.4) is 0 Å². The highest BCUT2D eigenvalue weighted by molar-refractivity contribution is 9.10. The molecule has 0 saturated carbocycles. The van der Waals surface area contributed by atoms with Crippen LogP contribution in [0, 0.1) is 11.8 Å². The Labute approximate surface area is 163 Å². The molecule has 0 aliphatic rings. The quantitative estimate of drug-likeness (QED) is 0.579. The van der Waals surface area contributed by atoms with Crippen molar-refractivity contribution in [2.45, 2.75) is 20.1 Å². The number of aryl methyl sites for hydroxylation is 1. The number of aromatic nitrogens is 2. The highest BCUT2D eigenvalue weighted by atomic mass is 79.9. The van der Waals surface area contributed by atoms with Crippen LogP contribution in [0.4, 0.5) is 5.69 Å². The number of halogens is 1. The molecule has 2 aromatic carbocycles. The van der Waals surface area contributed by atoms with E-state index in [0.717, 1.165) is 10.0 Å². The molecule has 0 atom stereocenters. The first-order chi connectivity index (χ1) is 12.5. The van der Waals surface area contributed by atoms with E-state index >= 15 is 0 Å². The van der Waals surface area contributed by atoms with Gasteiger partial charge in [0, 0.05) is 10.2 Å². The van der Waals surface area contributed by atoms with Gasteiger partial charge in [-0.25, -0.2) is 4.68 Å².